The van der Waals surface area contributed by atoms with Crippen LogP contribution in [0.1, 0.15) is 36.5 Å². The average Bonchev–Trinajstić information content (AvgIpc) is 2.35. The van der Waals surface area contributed by atoms with Gasteiger partial charge in [0.25, 0.3) is 5.91 Å². The van der Waals surface area contributed by atoms with Crippen molar-refractivity contribution in [3.8, 4) is 5.75 Å². The summed E-state index contributed by atoms with van der Waals surface area (Å²) < 4.78 is 5.54. The lowest BCUT2D eigenvalue weighted by molar-refractivity contribution is 0.0949. The minimum Gasteiger partial charge on any atom is -0.493 e. The first kappa shape index (κ1) is 13.8. The van der Waals surface area contributed by atoms with E-state index >= 15 is 0 Å². The van der Waals surface area contributed by atoms with E-state index in [0.29, 0.717) is 22.9 Å². The number of halogens is 1. The molecule has 5 heteroatoms. The second-order valence-electron chi connectivity index (χ2n) is 3.67. The highest BCUT2D eigenvalue weighted by Crippen LogP contribution is 2.23. The number of nitrogens with one attached hydrogen (secondary N) is 1. The number of carbonyl (C=O) groups is 1. The van der Waals surface area contributed by atoms with Crippen molar-refractivity contribution >= 4 is 17.5 Å². The maximum Gasteiger partial charge on any atom is 0.268 e. The molecule has 1 rings (SSSR count). The number of hydrazine groups is 1. The highest BCUT2D eigenvalue weighted by atomic mass is 35.5. The van der Waals surface area contributed by atoms with Gasteiger partial charge in [0.2, 0.25) is 0 Å². The summed E-state index contributed by atoms with van der Waals surface area (Å²) in [4.78, 5) is 11.5. The van der Waals surface area contributed by atoms with Crippen LogP contribution in [0.4, 0.5) is 0 Å². The Morgan fingerprint density at radius 1 is 1.47 bits per heavy atom. The topological polar surface area (TPSA) is 64.3 Å². The molecule has 0 aliphatic rings. The van der Waals surface area contributed by atoms with Crippen LogP contribution in [0.15, 0.2) is 18.2 Å². The van der Waals surface area contributed by atoms with Gasteiger partial charge in [-0.15, -0.1) is 0 Å². The van der Waals surface area contributed by atoms with E-state index in [4.69, 9.17) is 22.2 Å². The zero-order chi connectivity index (χ0) is 12.7. The number of hydrogen-bond acceptors (Lipinski definition) is 3. The Bertz CT molecular complexity index is 383. The van der Waals surface area contributed by atoms with Crippen molar-refractivity contribution in [3.05, 3.63) is 28.8 Å². The molecular weight excluding hydrogens is 240 g/mol. The molecule has 17 heavy (non-hydrogen) atoms. The summed E-state index contributed by atoms with van der Waals surface area (Å²) in [5.74, 6) is 5.20. The molecule has 1 amide bonds. The van der Waals surface area contributed by atoms with Gasteiger partial charge in [-0.1, -0.05) is 31.4 Å². The van der Waals surface area contributed by atoms with Crippen molar-refractivity contribution in [1.29, 1.82) is 0 Å². The lowest BCUT2D eigenvalue weighted by atomic mass is 10.2. The van der Waals surface area contributed by atoms with Gasteiger partial charge in [0, 0.05) is 5.02 Å². The van der Waals surface area contributed by atoms with E-state index in [1.54, 1.807) is 18.2 Å². The van der Waals surface area contributed by atoms with E-state index in [-0.39, 0.29) is 0 Å². The third-order valence-corrected chi connectivity index (χ3v) is 2.56. The standard InChI is InChI=1S/C12H17ClN2O2/c1-2-3-4-7-17-11-6-5-9(13)8-10(11)12(16)15-14/h5-6,8H,2-4,7,14H2,1H3,(H,15,16). The molecule has 0 aliphatic heterocycles. The molecule has 0 unspecified atom stereocenters. The quantitative estimate of drug-likeness (QED) is 0.356. The molecule has 0 bridgehead atoms. The van der Waals surface area contributed by atoms with Crippen LogP contribution in [0.3, 0.4) is 0 Å². The van der Waals surface area contributed by atoms with Gasteiger partial charge in [0.05, 0.1) is 12.2 Å². The SMILES string of the molecule is CCCCCOc1ccc(Cl)cc1C(=O)NN. The van der Waals surface area contributed by atoms with Crippen molar-refractivity contribution < 1.29 is 9.53 Å². The Labute approximate surface area is 106 Å². The lowest BCUT2D eigenvalue weighted by Crippen LogP contribution is -2.30. The second kappa shape index (κ2) is 7.14. The molecule has 4 nitrogen and oxygen atoms in total. The Kier molecular flexibility index (Phi) is 5.80. The number of amides is 1. The van der Waals surface area contributed by atoms with Gasteiger partial charge in [-0.3, -0.25) is 10.2 Å². The van der Waals surface area contributed by atoms with E-state index in [9.17, 15) is 4.79 Å². The van der Waals surface area contributed by atoms with Crippen LogP contribution >= 0.6 is 11.6 Å². The minimum atomic E-state index is -0.405. The van der Waals surface area contributed by atoms with E-state index in [1.807, 2.05) is 0 Å². The summed E-state index contributed by atoms with van der Waals surface area (Å²) >= 11 is 5.83. The Morgan fingerprint density at radius 2 is 2.24 bits per heavy atom. The largest absolute Gasteiger partial charge is 0.493 e. The number of ether oxygens (including phenoxy) is 1. The molecule has 0 heterocycles. The summed E-state index contributed by atoms with van der Waals surface area (Å²) in [6.07, 6.45) is 3.19. The molecule has 0 saturated heterocycles. The molecule has 1 aromatic rings. The first-order chi connectivity index (χ1) is 8.19. The van der Waals surface area contributed by atoms with Crippen LogP contribution < -0.4 is 16.0 Å². The number of nitrogens with two attached hydrogens (primary N) is 1. The smallest absolute Gasteiger partial charge is 0.268 e. The van der Waals surface area contributed by atoms with Crippen LogP contribution in [0.5, 0.6) is 5.75 Å². The van der Waals surface area contributed by atoms with Crippen molar-refractivity contribution in [2.24, 2.45) is 5.84 Å². The summed E-state index contributed by atoms with van der Waals surface area (Å²) in [7, 11) is 0. The molecule has 0 fully saturated rings. The number of hydrogen-bond donors (Lipinski definition) is 2. The summed E-state index contributed by atoms with van der Waals surface area (Å²) in [5, 5.41) is 0.476. The monoisotopic (exact) mass is 256 g/mol. The fourth-order valence-corrected chi connectivity index (χ4v) is 1.59. The third-order valence-electron chi connectivity index (χ3n) is 2.32. The van der Waals surface area contributed by atoms with Crippen molar-refractivity contribution in [3.63, 3.8) is 0 Å². The maximum absolute atomic E-state index is 11.5. The Morgan fingerprint density at radius 3 is 2.88 bits per heavy atom. The van der Waals surface area contributed by atoms with Crippen molar-refractivity contribution in [1.82, 2.24) is 5.43 Å². The van der Waals surface area contributed by atoms with E-state index in [2.05, 4.69) is 12.3 Å². The fraction of sp³-hybridized carbons (Fsp3) is 0.417. The molecule has 0 radical (unpaired) electrons. The molecule has 3 N–H and O–H groups in total. The van der Waals surface area contributed by atoms with Gasteiger partial charge < -0.3 is 4.74 Å². The molecule has 1 aromatic carbocycles. The van der Waals surface area contributed by atoms with Gasteiger partial charge in [0.1, 0.15) is 5.75 Å². The van der Waals surface area contributed by atoms with Crippen molar-refractivity contribution in [2.45, 2.75) is 26.2 Å². The van der Waals surface area contributed by atoms with E-state index < -0.39 is 5.91 Å². The number of rotatable bonds is 6. The maximum atomic E-state index is 11.5. The van der Waals surface area contributed by atoms with Gasteiger partial charge in [0.15, 0.2) is 0 Å². The second-order valence-corrected chi connectivity index (χ2v) is 4.11. The zero-order valence-corrected chi connectivity index (χ0v) is 10.6. The van der Waals surface area contributed by atoms with Crippen LogP contribution in [0.2, 0.25) is 5.02 Å². The zero-order valence-electron chi connectivity index (χ0n) is 9.83. The Balaban J connectivity index is 2.72. The average molecular weight is 257 g/mol. The number of benzene rings is 1. The van der Waals surface area contributed by atoms with E-state index in [1.165, 1.54) is 0 Å². The van der Waals surface area contributed by atoms with Gasteiger partial charge in [-0.2, -0.15) is 0 Å². The molecule has 0 aliphatic carbocycles. The Hall–Kier alpha value is -1.26. The molecule has 94 valence electrons. The summed E-state index contributed by atoms with van der Waals surface area (Å²) in [5.41, 5.74) is 2.43. The van der Waals surface area contributed by atoms with Crippen LogP contribution in [-0.2, 0) is 0 Å². The molecule has 0 aromatic heterocycles. The highest BCUT2D eigenvalue weighted by Gasteiger charge is 2.11. The van der Waals surface area contributed by atoms with Gasteiger partial charge >= 0.3 is 0 Å². The lowest BCUT2D eigenvalue weighted by Gasteiger charge is -2.10. The molecule has 0 spiro atoms. The van der Waals surface area contributed by atoms with Crippen LogP contribution in [-0.4, -0.2) is 12.5 Å². The number of carbonyl (C=O) groups excluding carboxylic acids is 1. The predicted octanol–water partition coefficient (Wildman–Crippen LogP) is 2.51. The van der Waals surface area contributed by atoms with Crippen molar-refractivity contribution in [2.75, 3.05) is 6.61 Å². The van der Waals surface area contributed by atoms with E-state index in [0.717, 1.165) is 19.3 Å². The predicted molar refractivity (Wildman–Crippen MR) is 68.1 cm³/mol. The van der Waals surface area contributed by atoms with Gasteiger partial charge in [-0.05, 0) is 24.6 Å². The summed E-state index contributed by atoms with van der Waals surface area (Å²) in [6.45, 7) is 2.70. The number of nitrogen functional groups attached to an aromatic ring is 1. The molecular formula is C12H17ClN2O2. The normalized spacial score (nSPS) is 10.1. The summed E-state index contributed by atoms with van der Waals surface area (Å²) in [6, 6.07) is 4.90. The van der Waals surface area contributed by atoms with Crippen LogP contribution in [0, 0.1) is 0 Å². The molecule has 0 atom stereocenters. The number of unbranched alkanes of at least 4 members (excludes halogenated alkanes) is 2. The first-order valence-electron chi connectivity index (χ1n) is 5.62. The molecule has 0 saturated carbocycles. The fourth-order valence-electron chi connectivity index (χ4n) is 1.42. The minimum absolute atomic E-state index is 0.358. The third kappa shape index (κ3) is 4.24. The highest BCUT2D eigenvalue weighted by molar-refractivity contribution is 6.31. The van der Waals surface area contributed by atoms with Gasteiger partial charge in [-0.25, -0.2) is 5.84 Å². The van der Waals surface area contributed by atoms with Crippen LogP contribution in [0.25, 0.3) is 0 Å². The first-order valence-corrected chi connectivity index (χ1v) is 6.00.